The highest BCUT2D eigenvalue weighted by atomic mass is 16.1. The Balaban J connectivity index is 1.82. The highest BCUT2D eigenvalue weighted by Crippen LogP contribution is 2.02. The van der Waals surface area contributed by atoms with Crippen LogP contribution in [0.5, 0.6) is 0 Å². The normalized spacial score (nSPS) is 10.5. The van der Waals surface area contributed by atoms with E-state index in [1.54, 1.807) is 27.8 Å². The minimum absolute atomic E-state index is 0.0585. The van der Waals surface area contributed by atoms with Gasteiger partial charge in [-0.3, -0.25) is 14.2 Å². The molecule has 0 spiro atoms. The Kier molecular flexibility index (Phi) is 3.22. The van der Waals surface area contributed by atoms with Crippen molar-refractivity contribution in [3.05, 3.63) is 30.2 Å². The summed E-state index contributed by atoms with van der Waals surface area (Å²) < 4.78 is 3.40. The predicted octanol–water partition coefficient (Wildman–Crippen LogP) is 0.954. The minimum Gasteiger partial charge on any atom is -0.309 e. The molecule has 2 rings (SSSR count). The summed E-state index contributed by atoms with van der Waals surface area (Å²) in [4.78, 5) is 11.6. The van der Waals surface area contributed by atoms with Gasteiger partial charge in [-0.15, -0.1) is 0 Å². The maximum Gasteiger partial charge on any atom is 0.227 e. The Hall–Kier alpha value is -2.11. The minimum atomic E-state index is -0.0585. The van der Waals surface area contributed by atoms with Gasteiger partial charge in [-0.25, -0.2) is 0 Å². The van der Waals surface area contributed by atoms with Gasteiger partial charge < -0.3 is 5.32 Å². The molecule has 0 saturated heterocycles. The second-order valence-electron chi connectivity index (χ2n) is 3.95. The molecule has 90 valence electrons. The molecule has 0 unspecified atom stereocenters. The van der Waals surface area contributed by atoms with Crippen LogP contribution in [0.2, 0.25) is 0 Å². The molecule has 0 aliphatic carbocycles. The highest BCUT2D eigenvalue weighted by Gasteiger charge is 2.05. The zero-order valence-electron chi connectivity index (χ0n) is 9.92. The standard InChI is InChI=1S/C11H15N5O/c1-9-7-12-16(8-9)6-4-11(17)13-10-3-5-15(2)14-10/h3,5,7-8H,4,6H2,1-2H3,(H,13,14,17). The van der Waals surface area contributed by atoms with Crippen LogP contribution in [-0.4, -0.2) is 25.5 Å². The van der Waals surface area contributed by atoms with Crippen LogP contribution in [0.15, 0.2) is 24.7 Å². The van der Waals surface area contributed by atoms with E-state index in [1.807, 2.05) is 20.2 Å². The molecule has 0 atom stereocenters. The molecule has 0 bridgehead atoms. The lowest BCUT2D eigenvalue weighted by atomic mass is 10.4. The fraction of sp³-hybridized carbons (Fsp3) is 0.364. The van der Waals surface area contributed by atoms with E-state index in [0.717, 1.165) is 5.56 Å². The zero-order chi connectivity index (χ0) is 12.3. The van der Waals surface area contributed by atoms with Gasteiger partial charge in [0.2, 0.25) is 5.91 Å². The molecule has 6 nitrogen and oxygen atoms in total. The highest BCUT2D eigenvalue weighted by molar-refractivity contribution is 5.89. The molecule has 1 N–H and O–H groups in total. The predicted molar refractivity (Wildman–Crippen MR) is 63.4 cm³/mol. The Morgan fingerprint density at radius 3 is 2.94 bits per heavy atom. The Labute approximate surface area is 99.2 Å². The van der Waals surface area contributed by atoms with Crippen LogP contribution in [0, 0.1) is 6.92 Å². The van der Waals surface area contributed by atoms with E-state index >= 15 is 0 Å². The van der Waals surface area contributed by atoms with Gasteiger partial charge in [-0.1, -0.05) is 0 Å². The van der Waals surface area contributed by atoms with Crippen LogP contribution in [0.25, 0.3) is 0 Å². The van der Waals surface area contributed by atoms with Gasteiger partial charge in [0.05, 0.1) is 6.20 Å². The third kappa shape index (κ3) is 3.17. The molecule has 2 aromatic heterocycles. The Morgan fingerprint density at radius 2 is 2.35 bits per heavy atom. The Bertz CT molecular complexity index is 513. The molecule has 2 aromatic rings. The van der Waals surface area contributed by atoms with Gasteiger partial charge >= 0.3 is 0 Å². The van der Waals surface area contributed by atoms with Crippen LogP contribution in [0.4, 0.5) is 5.82 Å². The van der Waals surface area contributed by atoms with E-state index in [2.05, 4.69) is 15.5 Å². The van der Waals surface area contributed by atoms with Crippen molar-refractivity contribution in [2.24, 2.45) is 7.05 Å². The first-order chi connectivity index (χ1) is 8.13. The fourth-order valence-corrected chi connectivity index (χ4v) is 1.49. The van der Waals surface area contributed by atoms with Gasteiger partial charge in [0.15, 0.2) is 5.82 Å². The van der Waals surface area contributed by atoms with Crippen LogP contribution in [0.1, 0.15) is 12.0 Å². The van der Waals surface area contributed by atoms with Gasteiger partial charge in [-0.2, -0.15) is 10.2 Å². The number of rotatable bonds is 4. The molecule has 1 amide bonds. The monoisotopic (exact) mass is 233 g/mol. The van der Waals surface area contributed by atoms with Crippen molar-refractivity contribution in [2.45, 2.75) is 19.9 Å². The smallest absolute Gasteiger partial charge is 0.227 e. The van der Waals surface area contributed by atoms with Crippen molar-refractivity contribution in [1.82, 2.24) is 19.6 Å². The van der Waals surface area contributed by atoms with Crippen LogP contribution < -0.4 is 5.32 Å². The van der Waals surface area contributed by atoms with Crippen LogP contribution in [0.3, 0.4) is 0 Å². The lowest BCUT2D eigenvalue weighted by molar-refractivity contribution is -0.116. The summed E-state index contributed by atoms with van der Waals surface area (Å²) in [6.45, 7) is 2.55. The maximum atomic E-state index is 11.6. The average Bonchev–Trinajstić information content (AvgIpc) is 2.85. The first-order valence-electron chi connectivity index (χ1n) is 5.42. The number of anilines is 1. The summed E-state index contributed by atoms with van der Waals surface area (Å²) in [7, 11) is 1.81. The van der Waals surface area contributed by atoms with E-state index < -0.39 is 0 Å². The van der Waals surface area contributed by atoms with Gasteiger partial charge in [0, 0.05) is 38.5 Å². The maximum absolute atomic E-state index is 11.6. The molecule has 0 aliphatic heterocycles. The van der Waals surface area contributed by atoms with Crippen LogP contribution >= 0.6 is 0 Å². The number of carbonyl (C=O) groups excluding carboxylic acids is 1. The summed E-state index contributed by atoms with van der Waals surface area (Å²) in [6, 6.07) is 1.76. The third-order valence-electron chi connectivity index (χ3n) is 2.31. The van der Waals surface area contributed by atoms with Crippen molar-refractivity contribution in [1.29, 1.82) is 0 Å². The van der Waals surface area contributed by atoms with Gasteiger partial charge in [0.25, 0.3) is 0 Å². The van der Waals surface area contributed by atoms with Gasteiger partial charge in [0.1, 0.15) is 0 Å². The van der Waals surface area contributed by atoms with Crippen molar-refractivity contribution >= 4 is 11.7 Å². The average molecular weight is 233 g/mol. The van der Waals surface area contributed by atoms with Crippen LogP contribution in [-0.2, 0) is 18.4 Å². The number of amides is 1. The number of aryl methyl sites for hydroxylation is 3. The fourth-order valence-electron chi connectivity index (χ4n) is 1.49. The molecular formula is C11H15N5O. The number of aromatic nitrogens is 4. The van der Waals surface area contributed by atoms with E-state index in [-0.39, 0.29) is 5.91 Å². The number of hydrogen-bond donors (Lipinski definition) is 1. The van der Waals surface area contributed by atoms with E-state index in [4.69, 9.17) is 0 Å². The molecule has 0 radical (unpaired) electrons. The van der Waals surface area contributed by atoms with Crippen molar-refractivity contribution in [3.63, 3.8) is 0 Å². The summed E-state index contributed by atoms with van der Waals surface area (Å²) in [5, 5.41) is 10.9. The zero-order valence-corrected chi connectivity index (χ0v) is 9.92. The molecule has 0 fully saturated rings. The second-order valence-corrected chi connectivity index (χ2v) is 3.95. The number of carbonyl (C=O) groups is 1. The summed E-state index contributed by atoms with van der Waals surface area (Å²) >= 11 is 0. The van der Waals surface area contributed by atoms with Crippen molar-refractivity contribution in [2.75, 3.05) is 5.32 Å². The first-order valence-corrected chi connectivity index (χ1v) is 5.42. The Morgan fingerprint density at radius 1 is 1.53 bits per heavy atom. The summed E-state index contributed by atoms with van der Waals surface area (Å²) in [5.41, 5.74) is 1.09. The SMILES string of the molecule is Cc1cnn(CCC(=O)Nc2ccn(C)n2)c1. The van der Waals surface area contributed by atoms with E-state index in [9.17, 15) is 4.79 Å². The number of hydrogen-bond acceptors (Lipinski definition) is 3. The molecular weight excluding hydrogens is 218 g/mol. The summed E-state index contributed by atoms with van der Waals surface area (Å²) in [6.07, 6.45) is 5.86. The van der Waals surface area contributed by atoms with E-state index in [0.29, 0.717) is 18.8 Å². The largest absolute Gasteiger partial charge is 0.309 e. The quantitative estimate of drug-likeness (QED) is 0.855. The number of nitrogens with zero attached hydrogens (tertiary/aromatic N) is 4. The van der Waals surface area contributed by atoms with Gasteiger partial charge in [-0.05, 0) is 12.5 Å². The molecule has 0 saturated carbocycles. The number of nitrogens with one attached hydrogen (secondary N) is 1. The van der Waals surface area contributed by atoms with Crippen molar-refractivity contribution in [3.8, 4) is 0 Å². The molecule has 0 aliphatic rings. The first kappa shape index (κ1) is 11.4. The lowest BCUT2D eigenvalue weighted by Crippen LogP contribution is -2.15. The molecule has 6 heteroatoms. The molecule has 0 aromatic carbocycles. The summed E-state index contributed by atoms with van der Waals surface area (Å²) in [5.74, 6) is 0.519. The molecule has 17 heavy (non-hydrogen) atoms. The molecule has 2 heterocycles. The lowest BCUT2D eigenvalue weighted by Gasteiger charge is -2.02. The second kappa shape index (κ2) is 4.82. The van der Waals surface area contributed by atoms with Crippen molar-refractivity contribution < 1.29 is 4.79 Å². The topological polar surface area (TPSA) is 64.7 Å². The van der Waals surface area contributed by atoms with E-state index in [1.165, 1.54) is 0 Å². The third-order valence-corrected chi connectivity index (χ3v) is 2.31.